The van der Waals surface area contributed by atoms with Crippen molar-refractivity contribution in [3.8, 4) is 0 Å². The third kappa shape index (κ3) is 1.89. The van der Waals surface area contributed by atoms with E-state index in [2.05, 4.69) is 13.0 Å². The van der Waals surface area contributed by atoms with Crippen molar-refractivity contribution < 1.29 is 19.1 Å². The zero-order valence-electron chi connectivity index (χ0n) is 13.5. The summed E-state index contributed by atoms with van der Waals surface area (Å²) in [6, 6.07) is 3.24. The van der Waals surface area contributed by atoms with E-state index in [1.54, 1.807) is 6.07 Å². The van der Waals surface area contributed by atoms with Gasteiger partial charge in [-0.25, -0.2) is 4.79 Å². The summed E-state index contributed by atoms with van der Waals surface area (Å²) in [5.41, 5.74) is 3.37. The Bertz CT molecular complexity index is 914. The van der Waals surface area contributed by atoms with Crippen LogP contribution in [-0.2, 0) is 10.2 Å². The van der Waals surface area contributed by atoms with Crippen molar-refractivity contribution in [3.63, 3.8) is 0 Å². The first kappa shape index (κ1) is 14.8. The van der Waals surface area contributed by atoms with Crippen LogP contribution in [0.2, 0.25) is 0 Å². The predicted octanol–water partition coefficient (Wildman–Crippen LogP) is 3.67. The Morgan fingerprint density at radius 3 is 2.38 bits per heavy atom. The fourth-order valence-corrected chi connectivity index (χ4v) is 3.90. The number of rotatable bonds is 0. The molecule has 3 aliphatic rings. The third-order valence-electron chi connectivity index (χ3n) is 5.29. The SMILES string of the molecule is CC1=CCC[C@]2(C)C1=COC(=O)c1cc3c(cc12)C(=O)C=CC3=O. The van der Waals surface area contributed by atoms with Gasteiger partial charge in [-0.2, -0.15) is 0 Å². The van der Waals surface area contributed by atoms with E-state index in [4.69, 9.17) is 4.74 Å². The van der Waals surface area contributed by atoms with Crippen molar-refractivity contribution in [2.24, 2.45) is 0 Å². The van der Waals surface area contributed by atoms with Crippen LogP contribution in [0.15, 0.2) is 47.8 Å². The smallest absolute Gasteiger partial charge is 0.343 e. The van der Waals surface area contributed by atoms with Gasteiger partial charge in [0.15, 0.2) is 11.6 Å². The van der Waals surface area contributed by atoms with Gasteiger partial charge in [0.2, 0.25) is 0 Å². The number of ether oxygens (including phenoxy) is 1. The number of carbonyl (C=O) groups is 3. The van der Waals surface area contributed by atoms with Gasteiger partial charge in [0, 0.05) is 22.1 Å². The Hall–Kier alpha value is -2.75. The Kier molecular flexibility index (Phi) is 3.01. The van der Waals surface area contributed by atoms with Gasteiger partial charge in [-0.1, -0.05) is 13.0 Å². The maximum Gasteiger partial charge on any atom is 0.343 e. The maximum absolute atomic E-state index is 12.5. The largest absolute Gasteiger partial charge is 0.431 e. The molecule has 4 rings (SSSR count). The average Bonchev–Trinajstić information content (AvgIpc) is 2.66. The lowest BCUT2D eigenvalue weighted by Crippen LogP contribution is -2.30. The maximum atomic E-state index is 12.5. The molecule has 0 aromatic heterocycles. The zero-order chi connectivity index (χ0) is 17.1. The molecule has 0 unspecified atom stereocenters. The molecule has 0 fully saturated rings. The van der Waals surface area contributed by atoms with E-state index in [-0.39, 0.29) is 17.1 Å². The van der Waals surface area contributed by atoms with Crippen molar-refractivity contribution in [3.05, 3.63) is 70.0 Å². The second-order valence-corrected chi connectivity index (χ2v) is 6.70. The Labute approximate surface area is 139 Å². The highest BCUT2D eigenvalue weighted by molar-refractivity contribution is 6.22. The molecule has 120 valence electrons. The molecule has 1 heterocycles. The third-order valence-corrected chi connectivity index (χ3v) is 5.29. The lowest BCUT2D eigenvalue weighted by Gasteiger charge is -2.36. The molecular weight excluding hydrogens is 304 g/mol. The first-order valence-corrected chi connectivity index (χ1v) is 7.96. The quantitative estimate of drug-likeness (QED) is 0.684. The summed E-state index contributed by atoms with van der Waals surface area (Å²) in [5, 5.41) is 0. The topological polar surface area (TPSA) is 60.4 Å². The summed E-state index contributed by atoms with van der Waals surface area (Å²) in [5.74, 6) is -0.955. The summed E-state index contributed by atoms with van der Waals surface area (Å²) in [4.78, 5) is 36.8. The number of hydrogen-bond donors (Lipinski definition) is 0. The van der Waals surface area contributed by atoms with Crippen LogP contribution in [0, 0.1) is 0 Å². The predicted molar refractivity (Wildman–Crippen MR) is 88.1 cm³/mol. The molecule has 1 aromatic carbocycles. The Morgan fingerprint density at radius 2 is 1.67 bits per heavy atom. The minimum Gasteiger partial charge on any atom is -0.431 e. The van der Waals surface area contributed by atoms with Gasteiger partial charge >= 0.3 is 5.97 Å². The first-order chi connectivity index (χ1) is 11.4. The molecule has 0 amide bonds. The van der Waals surface area contributed by atoms with Crippen LogP contribution in [0.1, 0.15) is 63.3 Å². The lowest BCUT2D eigenvalue weighted by atomic mass is 9.66. The fourth-order valence-electron chi connectivity index (χ4n) is 3.90. The molecule has 24 heavy (non-hydrogen) atoms. The second-order valence-electron chi connectivity index (χ2n) is 6.70. The van der Waals surface area contributed by atoms with E-state index in [1.165, 1.54) is 24.5 Å². The van der Waals surface area contributed by atoms with Crippen molar-refractivity contribution >= 4 is 17.5 Å². The normalized spacial score (nSPS) is 25.0. The zero-order valence-corrected chi connectivity index (χ0v) is 13.5. The van der Waals surface area contributed by atoms with E-state index in [1.807, 2.05) is 6.92 Å². The molecule has 0 bridgehead atoms. The van der Waals surface area contributed by atoms with Crippen LogP contribution in [0.3, 0.4) is 0 Å². The summed E-state index contributed by atoms with van der Waals surface area (Å²) in [6.45, 7) is 4.06. The van der Waals surface area contributed by atoms with Crippen molar-refractivity contribution in [2.45, 2.75) is 32.1 Å². The Morgan fingerprint density at radius 1 is 1.00 bits per heavy atom. The van der Waals surface area contributed by atoms with Gasteiger partial charge in [-0.15, -0.1) is 0 Å². The minimum atomic E-state index is -0.487. The highest BCUT2D eigenvalue weighted by Gasteiger charge is 2.40. The number of benzene rings is 1. The first-order valence-electron chi connectivity index (χ1n) is 7.96. The van der Waals surface area contributed by atoms with Crippen LogP contribution in [0.4, 0.5) is 0 Å². The van der Waals surface area contributed by atoms with Crippen molar-refractivity contribution in [1.29, 1.82) is 0 Å². The molecule has 2 aliphatic carbocycles. The fraction of sp³-hybridized carbons (Fsp3) is 0.250. The molecule has 1 aliphatic heterocycles. The number of allylic oxidation sites excluding steroid dienone is 5. The van der Waals surface area contributed by atoms with Crippen LogP contribution < -0.4 is 0 Å². The molecule has 0 radical (unpaired) electrons. The second kappa shape index (κ2) is 4.87. The van der Waals surface area contributed by atoms with Crippen LogP contribution in [-0.4, -0.2) is 17.5 Å². The number of fused-ring (bicyclic) bond motifs is 4. The molecule has 4 nitrogen and oxygen atoms in total. The molecular formula is C20H16O4. The Balaban J connectivity index is 2.03. The summed E-state index contributed by atoms with van der Waals surface area (Å²) in [7, 11) is 0. The molecule has 4 heteroatoms. The monoisotopic (exact) mass is 320 g/mol. The highest BCUT2D eigenvalue weighted by Crippen LogP contribution is 2.47. The number of hydrogen-bond acceptors (Lipinski definition) is 4. The molecule has 1 atom stereocenters. The minimum absolute atomic E-state index is 0.206. The number of esters is 1. The van der Waals surface area contributed by atoms with E-state index in [0.717, 1.165) is 29.6 Å². The average molecular weight is 320 g/mol. The molecule has 0 saturated carbocycles. The van der Waals surface area contributed by atoms with E-state index >= 15 is 0 Å². The molecule has 0 N–H and O–H groups in total. The van der Waals surface area contributed by atoms with E-state index in [0.29, 0.717) is 11.1 Å². The highest BCUT2D eigenvalue weighted by atomic mass is 16.5. The van der Waals surface area contributed by atoms with Crippen LogP contribution in [0.25, 0.3) is 0 Å². The van der Waals surface area contributed by atoms with E-state index < -0.39 is 11.4 Å². The van der Waals surface area contributed by atoms with E-state index in [9.17, 15) is 14.4 Å². The standard InChI is InChI=1S/C20H16O4/c1-11-4-3-7-20(2)15-9-13-12(17(21)5-6-18(13)22)8-14(15)19(23)24-10-16(11)20/h4-6,8-10H,3,7H2,1-2H3/t20-/m0/s1. The van der Waals surface area contributed by atoms with Gasteiger partial charge in [0.1, 0.15) is 0 Å². The van der Waals surface area contributed by atoms with Crippen molar-refractivity contribution in [1.82, 2.24) is 0 Å². The van der Waals surface area contributed by atoms with Crippen LogP contribution >= 0.6 is 0 Å². The van der Waals surface area contributed by atoms with Gasteiger partial charge in [-0.3, -0.25) is 9.59 Å². The van der Waals surface area contributed by atoms with Crippen molar-refractivity contribution in [2.75, 3.05) is 0 Å². The molecule has 0 saturated heterocycles. The van der Waals surface area contributed by atoms with Gasteiger partial charge in [0.05, 0.1) is 11.8 Å². The van der Waals surface area contributed by atoms with Gasteiger partial charge in [0.25, 0.3) is 0 Å². The number of ketones is 2. The summed E-state index contributed by atoms with van der Waals surface area (Å²) >= 11 is 0. The summed E-state index contributed by atoms with van der Waals surface area (Å²) < 4.78 is 5.33. The molecule has 0 spiro atoms. The summed E-state index contributed by atoms with van der Waals surface area (Å²) in [6.07, 6.45) is 7.89. The number of carbonyl (C=O) groups excluding carboxylic acids is 3. The lowest BCUT2D eigenvalue weighted by molar-refractivity contribution is 0.0663. The van der Waals surface area contributed by atoms with Gasteiger partial charge in [-0.05, 0) is 55.2 Å². The van der Waals surface area contributed by atoms with Crippen LogP contribution in [0.5, 0.6) is 0 Å². The number of cyclic esters (lactones) is 1. The van der Waals surface area contributed by atoms with Gasteiger partial charge < -0.3 is 4.74 Å². The molecule has 1 aromatic rings.